The fraction of sp³-hybridized carbons (Fsp3) is 0.294. The first kappa shape index (κ1) is 37.6. The van der Waals surface area contributed by atoms with Crippen molar-refractivity contribution >= 4 is 49.6 Å². The summed E-state index contributed by atoms with van der Waals surface area (Å²) >= 11 is 0. The molecule has 3 aromatic heterocycles. The Morgan fingerprint density at radius 3 is 2.28 bits per heavy atom. The van der Waals surface area contributed by atoms with Gasteiger partial charge in [-0.1, -0.05) is 99.8 Å². The number of benzene rings is 5. The summed E-state index contributed by atoms with van der Waals surface area (Å²) < 4.78 is 11.6. The van der Waals surface area contributed by atoms with Crippen LogP contribution in [0.15, 0.2) is 90.1 Å². The molecule has 0 radical (unpaired) electrons. The van der Waals surface area contributed by atoms with Gasteiger partial charge in [-0.3, -0.25) is 4.99 Å². The van der Waals surface area contributed by atoms with E-state index in [9.17, 15) is 0 Å². The summed E-state index contributed by atoms with van der Waals surface area (Å²) in [5.74, 6) is 1.11. The second-order valence-corrected chi connectivity index (χ2v) is 17.8. The number of hydrogen-bond donors (Lipinski definition) is 0. The summed E-state index contributed by atoms with van der Waals surface area (Å²) in [6.45, 7) is 22.4. The third-order valence-corrected chi connectivity index (χ3v) is 12.6. The molecule has 0 spiro atoms. The van der Waals surface area contributed by atoms with Crippen molar-refractivity contribution in [1.82, 2.24) is 14.1 Å². The van der Waals surface area contributed by atoms with Gasteiger partial charge >= 0.3 is 21.1 Å². The second-order valence-electron chi connectivity index (χ2n) is 17.8. The van der Waals surface area contributed by atoms with Crippen LogP contribution in [0.25, 0.3) is 55.1 Å². The van der Waals surface area contributed by atoms with E-state index in [4.69, 9.17) is 14.7 Å². The van der Waals surface area contributed by atoms with E-state index in [0.29, 0.717) is 11.8 Å². The topological polar surface area (TPSA) is 44.3 Å². The molecular formula is C51H48N4OPt. The van der Waals surface area contributed by atoms with Crippen molar-refractivity contribution in [2.45, 2.75) is 98.6 Å². The Labute approximate surface area is 350 Å². The molecule has 0 amide bonds. The van der Waals surface area contributed by atoms with Gasteiger partial charge in [-0.25, -0.2) is 4.98 Å². The van der Waals surface area contributed by atoms with E-state index in [0.717, 1.165) is 67.5 Å². The van der Waals surface area contributed by atoms with Crippen LogP contribution in [-0.4, -0.2) is 25.6 Å². The van der Waals surface area contributed by atoms with Crippen LogP contribution in [0.1, 0.15) is 103 Å². The number of fused-ring (bicyclic) bond motifs is 9. The van der Waals surface area contributed by atoms with Crippen LogP contribution in [0.2, 0.25) is 0 Å². The predicted molar refractivity (Wildman–Crippen MR) is 231 cm³/mol. The number of aryl methyl sites for hydroxylation is 5. The molecule has 1 aliphatic heterocycles. The zero-order valence-electron chi connectivity index (χ0n) is 34.5. The number of ether oxygens (including phenoxy) is 1. The van der Waals surface area contributed by atoms with E-state index in [1.54, 1.807) is 0 Å². The Morgan fingerprint density at radius 2 is 1.49 bits per heavy atom. The standard InChI is InChI=1S/C51H48N4O.Pt/c1-28(2)34-14-18-42-40(24-34)37-12-11-19-52-48(37)54(42)35-15-16-36-39-21-29(3)13-17-43(39)55(45(36)25-35)44-26-38(31(5)23-32(44)6)49-53-51(10)27-50(8,9)46-33(7)20-30(4)22-41(46)47(51)56-49;/h11-24,28,47H,27H2,1-10H3;/q-2;+2/t47-,51+;/m0./s1. The van der Waals surface area contributed by atoms with Crippen LogP contribution in [0.4, 0.5) is 0 Å². The van der Waals surface area contributed by atoms with Gasteiger partial charge in [-0.2, -0.15) is 6.07 Å². The monoisotopic (exact) mass is 927 g/mol. The normalized spacial score (nSPS) is 18.6. The molecule has 4 heterocycles. The van der Waals surface area contributed by atoms with Gasteiger partial charge in [0.1, 0.15) is 17.6 Å². The van der Waals surface area contributed by atoms with Crippen molar-refractivity contribution in [3.63, 3.8) is 0 Å². The molecule has 0 saturated carbocycles. The van der Waals surface area contributed by atoms with E-state index < -0.39 is 5.54 Å². The van der Waals surface area contributed by atoms with E-state index >= 15 is 0 Å². The largest absolute Gasteiger partial charge is 2.00 e. The van der Waals surface area contributed by atoms with Gasteiger partial charge in [-0.15, -0.1) is 40.8 Å². The van der Waals surface area contributed by atoms with Crippen LogP contribution < -0.4 is 0 Å². The van der Waals surface area contributed by atoms with Crippen LogP contribution in [0.5, 0.6) is 0 Å². The van der Waals surface area contributed by atoms with E-state index in [1.807, 2.05) is 12.3 Å². The molecule has 5 aromatic carbocycles. The van der Waals surface area contributed by atoms with Crippen molar-refractivity contribution in [2.24, 2.45) is 4.99 Å². The molecule has 0 unspecified atom stereocenters. The Bertz CT molecular complexity index is 3020. The molecule has 0 fully saturated rings. The van der Waals surface area contributed by atoms with Gasteiger partial charge in [0, 0.05) is 22.5 Å². The maximum Gasteiger partial charge on any atom is 2.00 e. The van der Waals surface area contributed by atoms with E-state index in [-0.39, 0.29) is 32.6 Å². The van der Waals surface area contributed by atoms with Crippen molar-refractivity contribution in [2.75, 3.05) is 0 Å². The molecule has 0 saturated heterocycles. The molecular weight excluding hydrogens is 880 g/mol. The van der Waals surface area contributed by atoms with E-state index in [1.165, 1.54) is 44.2 Å². The van der Waals surface area contributed by atoms with Gasteiger partial charge < -0.3 is 13.9 Å². The molecule has 6 heteroatoms. The summed E-state index contributed by atoms with van der Waals surface area (Å²) in [7, 11) is 0. The summed E-state index contributed by atoms with van der Waals surface area (Å²) in [6, 6.07) is 37.0. The van der Waals surface area contributed by atoms with Crippen molar-refractivity contribution in [1.29, 1.82) is 0 Å². The summed E-state index contributed by atoms with van der Waals surface area (Å²) in [4.78, 5) is 10.4. The first-order valence-electron chi connectivity index (χ1n) is 20.0. The molecule has 5 nitrogen and oxygen atoms in total. The average Bonchev–Trinajstić information content (AvgIpc) is 3.77. The number of rotatable bonds is 4. The van der Waals surface area contributed by atoms with Crippen molar-refractivity contribution in [3.8, 4) is 11.4 Å². The molecule has 2 atom stereocenters. The summed E-state index contributed by atoms with van der Waals surface area (Å²) in [5.41, 5.74) is 16.6. The number of aromatic nitrogens is 3. The number of nitrogens with zero attached hydrogens (tertiary/aromatic N) is 4. The van der Waals surface area contributed by atoms with Crippen LogP contribution in [-0.2, 0) is 31.2 Å². The third kappa shape index (κ3) is 5.59. The Morgan fingerprint density at radius 1 is 0.737 bits per heavy atom. The molecule has 1 aliphatic carbocycles. The maximum absolute atomic E-state index is 7.03. The van der Waals surface area contributed by atoms with Gasteiger partial charge in [-0.05, 0) is 109 Å². The van der Waals surface area contributed by atoms with Crippen LogP contribution in [0, 0.1) is 46.8 Å². The molecule has 57 heavy (non-hydrogen) atoms. The fourth-order valence-corrected chi connectivity index (χ4v) is 10.4. The molecule has 288 valence electrons. The van der Waals surface area contributed by atoms with Gasteiger partial charge in [0.05, 0.1) is 11.1 Å². The smallest absolute Gasteiger partial charge is 0.510 e. The van der Waals surface area contributed by atoms with Crippen LogP contribution >= 0.6 is 0 Å². The van der Waals surface area contributed by atoms with Crippen LogP contribution in [0.3, 0.4) is 0 Å². The average molecular weight is 928 g/mol. The number of aliphatic imine (C=N–C) groups is 1. The minimum Gasteiger partial charge on any atom is -0.510 e. The zero-order valence-corrected chi connectivity index (χ0v) is 36.7. The van der Waals surface area contributed by atoms with Gasteiger partial charge in [0.2, 0.25) is 0 Å². The fourth-order valence-electron chi connectivity index (χ4n) is 10.4. The minimum atomic E-state index is -0.392. The SMILES string of the molecule is Cc1cc(C)c2c(c1)[C@@H]1OC(c3[c-]c(-n4c5[c-]c(-n6c7ccc(C(C)C)cc7c7cccnc76)ccc5c5cc(C)ccc54)c(C)cc3C)=N[C@]1(C)CC2(C)C.[Pt+2]. The molecule has 0 bridgehead atoms. The molecule has 0 N–H and O–H groups in total. The Hall–Kier alpha value is -4.99. The maximum atomic E-state index is 7.03. The minimum absolute atomic E-state index is 0. The molecule has 10 rings (SSSR count). The van der Waals surface area contributed by atoms with Gasteiger partial charge in [0.25, 0.3) is 0 Å². The van der Waals surface area contributed by atoms with Gasteiger partial charge in [0.15, 0.2) is 0 Å². The summed E-state index contributed by atoms with van der Waals surface area (Å²) in [5, 5.41) is 4.69. The molecule has 8 aromatic rings. The molecule has 2 aliphatic rings. The van der Waals surface area contributed by atoms with E-state index in [2.05, 4.69) is 163 Å². The number of hydrogen-bond acceptors (Lipinski definition) is 3. The first-order chi connectivity index (χ1) is 26.7. The zero-order chi connectivity index (χ0) is 39.0. The number of pyridine rings is 1. The second kappa shape index (κ2) is 13.0. The first-order valence-corrected chi connectivity index (χ1v) is 20.0. The summed E-state index contributed by atoms with van der Waals surface area (Å²) in [6.07, 6.45) is 2.64. The predicted octanol–water partition coefficient (Wildman–Crippen LogP) is 12.5. The third-order valence-electron chi connectivity index (χ3n) is 12.6. The van der Waals surface area contributed by atoms with Crippen molar-refractivity contribution < 1.29 is 25.8 Å². The van der Waals surface area contributed by atoms with Crippen molar-refractivity contribution in [3.05, 3.63) is 147 Å². The quantitative estimate of drug-likeness (QED) is 0.165. The Kier molecular flexibility index (Phi) is 8.58. The Balaban J connectivity index is 0.00000422.